The van der Waals surface area contributed by atoms with Gasteiger partial charge in [0.1, 0.15) is 0 Å². The van der Waals surface area contributed by atoms with E-state index in [4.69, 9.17) is 53.8 Å². The Labute approximate surface area is 202 Å². The summed E-state index contributed by atoms with van der Waals surface area (Å²) in [5.74, 6) is 1.67. The van der Waals surface area contributed by atoms with Crippen molar-refractivity contribution in [2.24, 2.45) is 0 Å². The summed E-state index contributed by atoms with van der Waals surface area (Å²) < 4.78 is 20.3. The van der Waals surface area contributed by atoms with E-state index in [2.05, 4.69) is 31.9 Å². The van der Waals surface area contributed by atoms with Gasteiger partial charge in [-0.1, -0.05) is 66.7 Å². The van der Waals surface area contributed by atoms with Gasteiger partial charge in [-0.15, -0.1) is 0 Å². The van der Waals surface area contributed by atoms with E-state index in [0.717, 1.165) is 22.3 Å². The fraction of sp³-hybridized carbons (Fsp3) is 0.400. The molecule has 0 aliphatic heterocycles. The maximum absolute atomic E-state index is 6.50. The summed E-state index contributed by atoms with van der Waals surface area (Å²) in [5.41, 5.74) is 3.60. The minimum Gasteiger partial charge on any atom is -0.493 e. The molecule has 0 saturated carbocycles. The molecular weight excluding hydrogens is 570 g/mol. The summed E-state index contributed by atoms with van der Waals surface area (Å²) in [6.07, 6.45) is 0. The first-order chi connectivity index (χ1) is 13.7. The van der Waals surface area contributed by atoms with Gasteiger partial charge in [-0.3, -0.25) is 0 Å². The van der Waals surface area contributed by atoms with Gasteiger partial charge in [0, 0.05) is 5.92 Å². The number of hydrogen-bond donors (Lipinski definition) is 0. The first kappa shape index (κ1) is 23.1. The Bertz CT molecular complexity index is 852. The molecule has 3 rings (SSSR count). The zero-order valence-corrected chi connectivity index (χ0v) is 21.5. The molecule has 9 heteroatoms. The van der Waals surface area contributed by atoms with Gasteiger partial charge < -0.3 is 18.9 Å². The molecule has 29 heavy (non-hydrogen) atoms. The molecule has 1 aliphatic carbocycles. The van der Waals surface area contributed by atoms with Crippen LogP contribution < -0.4 is 18.9 Å². The zero-order valence-electron chi connectivity index (χ0n) is 16.1. The number of hydrogen-bond acceptors (Lipinski definition) is 4. The van der Waals surface area contributed by atoms with Crippen LogP contribution in [0.1, 0.15) is 34.1 Å². The van der Waals surface area contributed by atoms with Crippen LogP contribution in [0, 0.1) is 0 Å². The molecule has 2 aromatic rings. The maximum atomic E-state index is 6.50. The van der Waals surface area contributed by atoms with Crippen LogP contribution in [0.3, 0.4) is 0 Å². The van der Waals surface area contributed by atoms with Crippen LogP contribution >= 0.6 is 66.7 Å². The number of alkyl halides is 5. The lowest BCUT2D eigenvalue weighted by atomic mass is 9.73. The van der Waals surface area contributed by atoms with Crippen LogP contribution in [-0.2, 0) is 0 Å². The number of ether oxygens (including phenoxy) is 4. The van der Waals surface area contributed by atoms with Gasteiger partial charge in [0.05, 0.1) is 38.1 Å². The lowest BCUT2D eigenvalue weighted by Crippen LogP contribution is -2.29. The van der Waals surface area contributed by atoms with Crippen molar-refractivity contribution in [3.8, 4) is 23.0 Å². The van der Waals surface area contributed by atoms with Gasteiger partial charge >= 0.3 is 0 Å². The second-order valence-electron chi connectivity index (χ2n) is 6.46. The molecule has 0 heterocycles. The summed E-state index contributed by atoms with van der Waals surface area (Å²) >= 11 is 26.9. The van der Waals surface area contributed by atoms with Crippen LogP contribution in [0.15, 0.2) is 24.3 Å². The van der Waals surface area contributed by atoms with Crippen molar-refractivity contribution < 1.29 is 18.9 Å². The van der Waals surface area contributed by atoms with E-state index in [0.29, 0.717) is 23.0 Å². The van der Waals surface area contributed by atoms with Crippen molar-refractivity contribution >= 4 is 66.7 Å². The van der Waals surface area contributed by atoms with Crippen LogP contribution in [0.25, 0.3) is 0 Å². The fourth-order valence-corrected chi connectivity index (χ4v) is 5.66. The quantitative estimate of drug-likeness (QED) is 0.361. The Hall–Kier alpha value is -0.530. The van der Waals surface area contributed by atoms with E-state index in [1.807, 2.05) is 24.3 Å². The molecule has 1 aliphatic rings. The van der Waals surface area contributed by atoms with Gasteiger partial charge in [-0.25, -0.2) is 0 Å². The molecule has 0 atom stereocenters. The molecule has 0 saturated heterocycles. The molecule has 0 spiro atoms. The Morgan fingerprint density at radius 2 is 1.00 bits per heavy atom. The average molecular weight is 590 g/mol. The predicted molar refractivity (Wildman–Crippen MR) is 125 cm³/mol. The molecule has 0 aromatic heterocycles. The molecule has 158 valence electrons. The van der Waals surface area contributed by atoms with Gasteiger partial charge in [0.2, 0.25) is 3.79 Å². The lowest BCUT2D eigenvalue weighted by Gasteiger charge is -2.39. The molecule has 0 amide bonds. The number of rotatable bonds is 5. The first-order valence-corrected chi connectivity index (χ1v) is 11.5. The van der Waals surface area contributed by atoms with E-state index < -0.39 is 9.71 Å². The van der Waals surface area contributed by atoms with E-state index >= 15 is 0 Å². The molecule has 4 nitrogen and oxygen atoms in total. The van der Waals surface area contributed by atoms with Gasteiger partial charge in [0.25, 0.3) is 0 Å². The largest absolute Gasteiger partial charge is 0.493 e. The minimum atomic E-state index is -1.61. The standard InChI is InChI=1S/C20H19Br2Cl3O4/c1-26-13-5-9-11(7-15(13)28-3)18(20(23,24)25)12-8-16(29-4)14(27-2)6-10(12)17(9)19(21)22/h5-8,17-19H,1-4H3. The fourth-order valence-electron chi connectivity index (χ4n) is 3.82. The van der Waals surface area contributed by atoms with E-state index in [1.165, 1.54) is 0 Å². The Kier molecular flexibility index (Phi) is 7.11. The van der Waals surface area contributed by atoms with Crippen molar-refractivity contribution in [3.63, 3.8) is 0 Å². The summed E-state index contributed by atoms with van der Waals surface area (Å²) in [5, 5.41) is 0. The minimum absolute atomic E-state index is 0.0972. The Morgan fingerprint density at radius 3 is 1.24 bits per heavy atom. The second-order valence-corrected chi connectivity index (χ2v) is 12.0. The number of halogens is 5. The highest BCUT2D eigenvalue weighted by Gasteiger charge is 2.45. The molecule has 0 unspecified atom stereocenters. The topological polar surface area (TPSA) is 36.9 Å². The predicted octanol–water partition coefficient (Wildman–Crippen LogP) is 6.78. The number of methoxy groups -OCH3 is 4. The second kappa shape index (κ2) is 8.91. The summed E-state index contributed by atoms with van der Waals surface area (Å²) in [4.78, 5) is 0. The third-order valence-electron chi connectivity index (χ3n) is 5.05. The van der Waals surface area contributed by atoms with Crippen LogP contribution in [0.2, 0.25) is 0 Å². The molecule has 0 bridgehead atoms. The number of fused-ring (bicyclic) bond motifs is 2. The maximum Gasteiger partial charge on any atom is 0.201 e. The normalized spacial score (nSPS) is 18.1. The highest BCUT2D eigenvalue weighted by molar-refractivity contribution is 9.24. The summed E-state index contributed by atoms with van der Waals surface area (Å²) in [6.45, 7) is 0. The van der Waals surface area contributed by atoms with Crippen molar-refractivity contribution in [2.45, 2.75) is 19.4 Å². The van der Waals surface area contributed by atoms with Gasteiger partial charge in [0.15, 0.2) is 23.0 Å². The van der Waals surface area contributed by atoms with Crippen LogP contribution in [0.4, 0.5) is 0 Å². The Balaban J connectivity index is 2.41. The van der Waals surface area contributed by atoms with E-state index in [-0.39, 0.29) is 9.65 Å². The highest BCUT2D eigenvalue weighted by Crippen LogP contribution is 2.58. The van der Waals surface area contributed by atoms with Crippen LogP contribution in [-0.4, -0.2) is 36.0 Å². The molecule has 0 radical (unpaired) electrons. The smallest absolute Gasteiger partial charge is 0.201 e. The van der Waals surface area contributed by atoms with E-state index in [1.54, 1.807) is 28.4 Å². The van der Waals surface area contributed by atoms with Crippen molar-refractivity contribution in [2.75, 3.05) is 28.4 Å². The first-order valence-electron chi connectivity index (χ1n) is 8.54. The molecular formula is C20H19Br2Cl3O4. The molecule has 2 aromatic carbocycles. The van der Waals surface area contributed by atoms with Crippen molar-refractivity contribution in [1.82, 2.24) is 0 Å². The zero-order chi connectivity index (χ0) is 21.5. The molecule has 0 fully saturated rings. The van der Waals surface area contributed by atoms with Crippen molar-refractivity contribution in [3.05, 3.63) is 46.5 Å². The van der Waals surface area contributed by atoms with Gasteiger partial charge in [-0.2, -0.15) is 0 Å². The van der Waals surface area contributed by atoms with Gasteiger partial charge in [-0.05, 0) is 46.5 Å². The van der Waals surface area contributed by atoms with Crippen LogP contribution in [0.5, 0.6) is 23.0 Å². The third kappa shape index (κ3) is 4.16. The number of benzene rings is 2. The third-order valence-corrected chi connectivity index (χ3v) is 6.76. The van der Waals surface area contributed by atoms with E-state index in [9.17, 15) is 0 Å². The van der Waals surface area contributed by atoms with Crippen molar-refractivity contribution in [1.29, 1.82) is 0 Å². The SMILES string of the molecule is COc1cc2c(cc1OC)C(C(Cl)(Cl)Cl)c1cc(OC)c(OC)cc1C2C(Br)Br. The lowest BCUT2D eigenvalue weighted by molar-refractivity contribution is 0.351. The molecule has 0 N–H and O–H groups in total. The monoisotopic (exact) mass is 586 g/mol. The highest BCUT2D eigenvalue weighted by atomic mass is 79.9. The average Bonchev–Trinajstić information content (AvgIpc) is 2.68. The Morgan fingerprint density at radius 1 is 0.690 bits per heavy atom. The summed E-state index contributed by atoms with van der Waals surface area (Å²) in [6, 6.07) is 7.60. The summed E-state index contributed by atoms with van der Waals surface area (Å²) in [7, 11) is 6.34.